The van der Waals surface area contributed by atoms with Crippen LogP contribution in [-0.4, -0.2) is 25.3 Å². The molecule has 17 heavy (non-hydrogen) atoms. The van der Waals surface area contributed by atoms with Crippen LogP contribution in [0.2, 0.25) is 0 Å². The van der Waals surface area contributed by atoms with E-state index in [0.29, 0.717) is 17.6 Å². The molecule has 0 aliphatic heterocycles. The van der Waals surface area contributed by atoms with Crippen LogP contribution in [0, 0.1) is 11.3 Å². The molecule has 0 heterocycles. The smallest absolute Gasteiger partial charge is 0.0658 e. The Morgan fingerprint density at radius 3 is 2.59 bits per heavy atom. The van der Waals surface area contributed by atoms with E-state index in [1.54, 1.807) is 0 Å². The van der Waals surface area contributed by atoms with Crippen LogP contribution >= 0.6 is 0 Å². The molecule has 0 aromatic heterocycles. The molecule has 0 bridgehead atoms. The molecule has 0 radical (unpaired) electrons. The fourth-order valence-corrected chi connectivity index (χ4v) is 2.85. The first-order chi connectivity index (χ1) is 8.04. The van der Waals surface area contributed by atoms with E-state index in [-0.39, 0.29) is 0 Å². The first-order valence-electron chi connectivity index (χ1n) is 7.39. The highest BCUT2D eigenvalue weighted by atomic mass is 16.5. The number of hydrogen-bond donors (Lipinski definition) is 1. The maximum Gasteiger partial charge on any atom is 0.0658 e. The van der Waals surface area contributed by atoms with E-state index in [1.165, 1.54) is 25.7 Å². The van der Waals surface area contributed by atoms with E-state index in [2.05, 4.69) is 39.9 Å². The van der Waals surface area contributed by atoms with Crippen molar-refractivity contribution >= 4 is 0 Å². The van der Waals surface area contributed by atoms with E-state index in [4.69, 9.17) is 4.74 Å². The van der Waals surface area contributed by atoms with Crippen LogP contribution in [-0.2, 0) is 4.74 Å². The van der Waals surface area contributed by atoms with Gasteiger partial charge in [0, 0.05) is 18.1 Å². The average molecular weight is 241 g/mol. The van der Waals surface area contributed by atoms with Crippen LogP contribution < -0.4 is 5.32 Å². The van der Waals surface area contributed by atoms with Crippen molar-refractivity contribution in [2.75, 3.05) is 13.2 Å². The molecule has 2 heteroatoms. The molecule has 1 fully saturated rings. The van der Waals surface area contributed by atoms with Crippen molar-refractivity contribution in [2.45, 2.75) is 72.4 Å². The molecular formula is C15H31NO. The van der Waals surface area contributed by atoms with E-state index in [0.717, 1.165) is 19.1 Å². The Morgan fingerprint density at radius 2 is 2.06 bits per heavy atom. The van der Waals surface area contributed by atoms with Crippen molar-refractivity contribution in [3.05, 3.63) is 0 Å². The summed E-state index contributed by atoms with van der Waals surface area (Å²) < 4.78 is 5.82. The van der Waals surface area contributed by atoms with Gasteiger partial charge < -0.3 is 10.1 Å². The van der Waals surface area contributed by atoms with Gasteiger partial charge in [0.25, 0.3) is 0 Å². The fourth-order valence-electron chi connectivity index (χ4n) is 2.85. The summed E-state index contributed by atoms with van der Waals surface area (Å²) >= 11 is 0. The van der Waals surface area contributed by atoms with Crippen LogP contribution in [0.15, 0.2) is 0 Å². The first-order valence-corrected chi connectivity index (χ1v) is 7.39. The SMILES string of the molecule is CCOC1CC(NCCCC(C)C)C1(C)CC. The van der Waals surface area contributed by atoms with E-state index >= 15 is 0 Å². The highest BCUT2D eigenvalue weighted by Gasteiger charge is 2.50. The van der Waals surface area contributed by atoms with Crippen molar-refractivity contribution in [2.24, 2.45) is 11.3 Å². The second-order valence-electron chi connectivity index (χ2n) is 6.08. The van der Waals surface area contributed by atoms with Gasteiger partial charge in [-0.15, -0.1) is 0 Å². The molecule has 1 aliphatic rings. The molecule has 0 aromatic rings. The van der Waals surface area contributed by atoms with Crippen LogP contribution in [0.25, 0.3) is 0 Å². The standard InChI is InChI=1S/C15H31NO/c1-6-15(5)13(11-14(15)17-7-2)16-10-8-9-12(3)4/h12-14,16H,6-11H2,1-5H3. The lowest BCUT2D eigenvalue weighted by molar-refractivity contribution is -0.125. The van der Waals surface area contributed by atoms with Gasteiger partial charge in [-0.1, -0.05) is 27.7 Å². The topological polar surface area (TPSA) is 21.3 Å². The lowest BCUT2D eigenvalue weighted by Gasteiger charge is -2.53. The van der Waals surface area contributed by atoms with Gasteiger partial charge in [-0.25, -0.2) is 0 Å². The third kappa shape index (κ3) is 3.69. The van der Waals surface area contributed by atoms with Gasteiger partial charge in [0.1, 0.15) is 0 Å². The van der Waals surface area contributed by atoms with Gasteiger partial charge >= 0.3 is 0 Å². The van der Waals surface area contributed by atoms with Crippen LogP contribution in [0.3, 0.4) is 0 Å². The Labute approximate surface area is 108 Å². The van der Waals surface area contributed by atoms with Gasteiger partial charge in [-0.3, -0.25) is 0 Å². The fraction of sp³-hybridized carbons (Fsp3) is 1.00. The molecule has 102 valence electrons. The Kier molecular flexibility index (Phi) is 5.94. The van der Waals surface area contributed by atoms with Crippen molar-refractivity contribution < 1.29 is 4.74 Å². The number of ether oxygens (including phenoxy) is 1. The van der Waals surface area contributed by atoms with Crippen LogP contribution in [0.5, 0.6) is 0 Å². The molecule has 0 saturated heterocycles. The minimum atomic E-state index is 0.355. The minimum Gasteiger partial charge on any atom is -0.378 e. The second-order valence-corrected chi connectivity index (χ2v) is 6.08. The minimum absolute atomic E-state index is 0.355. The molecule has 3 atom stereocenters. The van der Waals surface area contributed by atoms with E-state index in [1.807, 2.05) is 0 Å². The van der Waals surface area contributed by atoms with Gasteiger partial charge in [0.2, 0.25) is 0 Å². The molecule has 1 rings (SSSR count). The summed E-state index contributed by atoms with van der Waals surface area (Å²) in [5.41, 5.74) is 0.355. The van der Waals surface area contributed by atoms with E-state index < -0.39 is 0 Å². The molecule has 0 aromatic carbocycles. The van der Waals surface area contributed by atoms with E-state index in [9.17, 15) is 0 Å². The molecule has 1 aliphatic carbocycles. The van der Waals surface area contributed by atoms with Gasteiger partial charge in [0.15, 0.2) is 0 Å². The third-order valence-electron chi connectivity index (χ3n) is 4.46. The van der Waals surface area contributed by atoms with Crippen LogP contribution in [0.1, 0.15) is 60.3 Å². The molecule has 2 nitrogen and oxygen atoms in total. The quantitative estimate of drug-likeness (QED) is 0.656. The lowest BCUT2D eigenvalue weighted by atomic mass is 9.61. The number of nitrogens with one attached hydrogen (secondary N) is 1. The zero-order valence-corrected chi connectivity index (χ0v) is 12.4. The van der Waals surface area contributed by atoms with Crippen molar-refractivity contribution in [3.8, 4) is 0 Å². The molecule has 0 amide bonds. The molecule has 1 N–H and O–H groups in total. The summed E-state index contributed by atoms with van der Waals surface area (Å²) in [5.74, 6) is 0.826. The molecule has 1 saturated carbocycles. The third-order valence-corrected chi connectivity index (χ3v) is 4.46. The summed E-state index contributed by atoms with van der Waals surface area (Å²) in [5, 5.41) is 3.72. The maximum atomic E-state index is 5.82. The summed E-state index contributed by atoms with van der Waals surface area (Å²) in [6.07, 6.45) is 5.50. The Bertz CT molecular complexity index is 217. The molecular weight excluding hydrogens is 210 g/mol. The highest BCUT2D eigenvalue weighted by molar-refractivity contribution is 5.04. The van der Waals surface area contributed by atoms with Crippen molar-refractivity contribution in [1.29, 1.82) is 0 Å². The van der Waals surface area contributed by atoms with Gasteiger partial charge in [0.05, 0.1) is 6.10 Å². The summed E-state index contributed by atoms with van der Waals surface area (Å²) in [6, 6.07) is 0.663. The first kappa shape index (κ1) is 15.0. The van der Waals surface area contributed by atoms with Crippen LogP contribution in [0.4, 0.5) is 0 Å². The summed E-state index contributed by atoms with van der Waals surface area (Å²) in [6.45, 7) is 13.4. The Morgan fingerprint density at radius 1 is 1.35 bits per heavy atom. The Hall–Kier alpha value is -0.0800. The predicted octanol–water partition coefficient (Wildman–Crippen LogP) is 3.61. The lowest BCUT2D eigenvalue weighted by Crippen LogP contribution is -2.62. The summed E-state index contributed by atoms with van der Waals surface area (Å²) in [7, 11) is 0. The normalized spacial score (nSPS) is 32.8. The highest BCUT2D eigenvalue weighted by Crippen LogP contribution is 2.45. The largest absolute Gasteiger partial charge is 0.378 e. The molecule has 0 spiro atoms. The monoisotopic (exact) mass is 241 g/mol. The predicted molar refractivity (Wildman–Crippen MR) is 74.3 cm³/mol. The zero-order valence-electron chi connectivity index (χ0n) is 12.4. The van der Waals surface area contributed by atoms with Gasteiger partial charge in [-0.05, 0) is 45.1 Å². The van der Waals surface area contributed by atoms with Gasteiger partial charge in [-0.2, -0.15) is 0 Å². The molecule has 3 unspecified atom stereocenters. The van der Waals surface area contributed by atoms with Crippen molar-refractivity contribution in [1.82, 2.24) is 5.32 Å². The number of rotatable bonds is 8. The summed E-state index contributed by atoms with van der Waals surface area (Å²) in [4.78, 5) is 0. The second kappa shape index (κ2) is 6.75. The number of hydrogen-bond acceptors (Lipinski definition) is 2. The zero-order chi connectivity index (χ0) is 12.9. The van der Waals surface area contributed by atoms with Crippen molar-refractivity contribution in [3.63, 3.8) is 0 Å². The maximum absolute atomic E-state index is 5.82. The average Bonchev–Trinajstić information content (AvgIpc) is 2.30. The Balaban J connectivity index is 2.26.